The van der Waals surface area contributed by atoms with E-state index in [2.05, 4.69) is 5.32 Å². The molecule has 104 valence electrons. The molecule has 3 heteroatoms. The van der Waals surface area contributed by atoms with Crippen molar-refractivity contribution in [3.05, 3.63) is 35.1 Å². The molecule has 0 aliphatic carbocycles. The molecule has 2 rings (SSSR count). The largest absolute Gasteiger partial charge is 0.314 e. The van der Waals surface area contributed by atoms with Gasteiger partial charge >= 0.3 is 0 Å². The number of carbonyl (C=O) groups excluding carboxylic acids is 1. The van der Waals surface area contributed by atoms with Crippen molar-refractivity contribution in [1.82, 2.24) is 5.32 Å². The summed E-state index contributed by atoms with van der Waals surface area (Å²) in [7, 11) is 0. The van der Waals surface area contributed by atoms with Crippen LogP contribution in [0.1, 0.15) is 43.2 Å². The summed E-state index contributed by atoms with van der Waals surface area (Å²) in [5, 5.41) is 3.45. The van der Waals surface area contributed by atoms with E-state index in [9.17, 15) is 9.18 Å². The van der Waals surface area contributed by atoms with Crippen molar-refractivity contribution >= 4 is 5.78 Å². The first kappa shape index (κ1) is 14.2. The van der Waals surface area contributed by atoms with Gasteiger partial charge in [-0.25, -0.2) is 4.39 Å². The Hall–Kier alpha value is -1.22. The quantitative estimate of drug-likeness (QED) is 0.884. The van der Waals surface area contributed by atoms with Gasteiger partial charge < -0.3 is 5.32 Å². The van der Waals surface area contributed by atoms with Gasteiger partial charge in [0.2, 0.25) is 0 Å². The van der Waals surface area contributed by atoms with E-state index in [1.807, 2.05) is 6.92 Å². The molecule has 0 spiro atoms. The topological polar surface area (TPSA) is 29.1 Å². The van der Waals surface area contributed by atoms with Crippen LogP contribution in [0.2, 0.25) is 0 Å². The average molecular weight is 263 g/mol. The van der Waals surface area contributed by atoms with Gasteiger partial charge in [-0.15, -0.1) is 0 Å². The third-order valence-electron chi connectivity index (χ3n) is 3.88. The highest BCUT2D eigenvalue weighted by Gasteiger charge is 2.14. The lowest BCUT2D eigenvalue weighted by Crippen LogP contribution is -2.34. The highest BCUT2D eigenvalue weighted by molar-refractivity contribution is 5.81. The average Bonchev–Trinajstić information content (AvgIpc) is 2.42. The Bertz CT molecular complexity index is 438. The van der Waals surface area contributed by atoms with Crippen LogP contribution in [0, 0.1) is 12.7 Å². The predicted molar refractivity (Wildman–Crippen MR) is 74.7 cm³/mol. The minimum atomic E-state index is -0.262. The van der Waals surface area contributed by atoms with Gasteiger partial charge in [-0.3, -0.25) is 4.79 Å². The van der Waals surface area contributed by atoms with Crippen LogP contribution in [-0.2, 0) is 11.2 Å². The van der Waals surface area contributed by atoms with Crippen LogP contribution >= 0.6 is 0 Å². The van der Waals surface area contributed by atoms with Gasteiger partial charge in [-0.05, 0) is 56.0 Å². The molecule has 0 radical (unpaired) electrons. The maximum Gasteiger partial charge on any atom is 0.137 e. The molecule has 1 N–H and O–H groups in total. The van der Waals surface area contributed by atoms with Gasteiger partial charge in [0.15, 0.2) is 0 Å². The number of hydrogen-bond acceptors (Lipinski definition) is 2. The van der Waals surface area contributed by atoms with E-state index < -0.39 is 0 Å². The standard InChI is InChI=1S/C16H22FNO/c1-12-5-6-14(17)10-13(12)11-16(19)8-7-15-4-2-3-9-18-15/h5-6,10,15,18H,2-4,7-9,11H2,1H3. The second kappa shape index (κ2) is 6.80. The number of hydrogen-bond donors (Lipinski definition) is 1. The third kappa shape index (κ3) is 4.43. The first-order valence-electron chi connectivity index (χ1n) is 7.15. The smallest absolute Gasteiger partial charge is 0.137 e. The molecule has 1 saturated heterocycles. The lowest BCUT2D eigenvalue weighted by molar-refractivity contribution is -0.118. The number of nitrogens with one attached hydrogen (secondary N) is 1. The van der Waals surface area contributed by atoms with Crippen LogP contribution in [-0.4, -0.2) is 18.4 Å². The number of Topliss-reactive ketones (excluding diaryl/α,β-unsaturated/α-hetero) is 1. The molecule has 1 atom stereocenters. The summed E-state index contributed by atoms with van der Waals surface area (Å²) in [4.78, 5) is 12.0. The van der Waals surface area contributed by atoms with Gasteiger partial charge in [0, 0.05) is 18.9 Å². The molecule has 1 fully saturated rings. The van der Waals surface area contributed by atoms with Crippen molar-refractivity contribution in [1.29, 1.82) is 0 Å². The van der Waals surface area contributed by atoms with Crippen molar-refractivity contribution in [3.8, 4) is 0 Å². The Balaban J connectivity index is 1.81. The number of rotatable bonds is 5. The number of carbonyl (C=O) groups is 1. The van der Waals surface area contributed by atoms with E-state index in [1.54, 1.807) is 6.07 Å². The molecule has 1 heterocycles. The van der Waals surface area contributed by atoms with Crippen LogP contribution in [0.3, 0.4) is 0 Å². The number of aryl methyl sites for hydroxylation is 1. The molecule has 0 saturated carbocycles. The first-order valence-corrected chi connectivity index (χ1v) is 7.15. The van der Waals surface area contributed by atoms with Crippen LogP contribution in [0.4, 0.5) is 4.39 Å². The van der Waals surface area contributed by atoms with Gasteiger partial charge in [0.25, 0.3) is 0 Å². The maximum atomic E-state index is 13.2. The molecule has 1 unspecified atom stereocenters. The Morgan fingerprint density at radius 2 is 2.26 bits per heavy atom. The van der Waals surface area contributed by atoms with Crippen LogP contribution in [0.15, 0.2) is 18.2 Å². The normalized spacial score (nSPS) is 19.4. The van der Waals surface area contributed by atoms with Gasteiger partial charge in [-0.1, -0.05) is 12.5 Å². The minimum Gasteiger partial charge on any atom is -0.314 e. The van der Waals surface area contributed by atoms with Crippen molar-refractivity contribution in [2.45, 2.75) is 51.5 Å². The SMILES string of the molecule is Cc1ccc(F)cc1CC(=O)CCC1CCCCN1. The number of halogens is 1. The molecule has 0 aromatic heterocycles. The molecular formula is C16H22FNO. The Labute approximate surface area is 114 Å². The summed E-state index contributed by atoms with van der Waals surface area (Å²) in [6.45, 7) is 2.99. The van der Waals surface area contributed by atoms with Crippen LogP contribution < -0.4 is 5.32 Å². The summed E-state index contributed by atoms with van der Waals surface area (Å²) in [5.41, 5.74) is 1.81. The van der Waals surface area contributed by atoms with Crippen LogP contribution in [0.25, 0.3) is 0 Å². The zero-order valence-corrected chi connectivity index (χ0v) is 11.5. The van der Waals surface area contributed by atoms with E-state index >= 15 is 0 Å². The highest BCUT2D eigenvalue weighted by Crippen LogP contribution is 2.15. The van der Waals surface area contributed by atoms with Crippen molar-refractivity contribution in [2.75, 3.05) is 6.54 Å². The number of ketones is 1. The molecule has 1 aliphatic heterocycles. The van der Waals surface area contributed by atoms with Crippen molar-refractivity contribution in [3.63, 3.8) is 0 Å². The van der Waals surface area contributed by atoms with Gasteiger partial charge in [-0.2, -0.15) is 0 Å². The minimum absolute atomic E-state index is 0.209. The zero-order valence-electron chi connectivity index (χ0n) is 11.5. The second-order valence-corrected chi connectivity index (χ2v) is 5.47. The predicted octanol–water partition coefficient (Wildman–Crippen LogP) is 3.17. The summed E-state index contributed by atoms with van der Waals surface area (Å²) < 4.78 is 13.2. The Morgan fingerprint density at radius 1 is 1.42 bits per heavy atom. The molecule has 0 amide bonds. The summed E-state index contributed by atoms with van der Waals surface area (Å²) in [6.07, 6.45) is 5.53. The van der Waals surface area contributed by atoms with E-state index in [-0.39, 0.29) is 11.6 Å². The molecule has 19 heavy (non-hydrogen) atoms. The van der Waals surface area contributed by atoms with Crippen molar-refractivity contribution in [2.24, 2.45) is 0 Å². The summed E-state index contributed by atoms with van der Waals surface area (Å²) in [5.74, 6) is -0.0524. The Kier molecular flexibility index (Phi) is 5.08. The highest BCUT2D eigenvalue weighted by atomic mass is 19.1. The molecule has 1 aromatic carbocycles. The van der Waals surface area contributed by atoms with E-state index in [1.165, 1.54) is 31.4 Å². The first-order chi connectivity index (χ1) is 9.15. The maximum absolute atomic E-state index is 13.2. The van der Waals surface area contributed by atoms with Crippen molar-refractivity contribution < 1.29 is 9.18 Å². The zero-order chi connectivity index (χ0) is 13.7. The fourth-order valence-electron chi connectivity index (χ4n) is 2.64. The summed E-state index contributed by atoms with van der Waals surface area (Å²) >= 11 is 0. The van der Waals surface area contributed by atoms with Gasteiger partial charge in [0.1, 0.15) is 11.6 Å². The van der Waals surface area contributed by atoms with E-state index in [0.717, 1.165) is 24.1 Å². The fraction of sp³-hybridized carbons (Fsp3) is 0.562. The molecule has 1 aliphatic rings. The molecule has 1 aromatic rings. The molecule has 2 nitrogen and oxygen atoms in total. The number of piperidine rings is 1. The lowest BCUT2D eigenvalue weighted by Gasteiger charge is -2.23. The monoisotopic (exact) mass is 263 g/mol. The van der Waals surface area contributed by atoms with E-state index in [0.29, 0.717) is 18.9 Å². The summed E-state index contributed by atoms with van der Waals surface area (Å²) in [6, 6.07) is 5.15. The molecular weight excluding hydrogens is 241 g/mol. The van der Waals surface area contributed by atoms with E-state index in [4.69, 9.17) is 0 Å². The van der Waals surface area contributed by atoms with Crippen LogP contribution in [0.5, 0.6) is 0 Å². The van der Waals surface area contributed by atoms with Gasteiger partial charge in [0.05, 0.1) is 0 Å². The number of benzene rings is 1. The molecule has 0 bridgehead atoms. The lowest BCUT2D eigenvalue weighted by atomic mass is 9.96. The fourth-order valence-corrected chi connectivity index (χ4v) is 2.64. The second-order valence-electron chi connectivity index (χ2n) is 5.47. The third-order valence-corrected chi connectivity index (χ3v) is 3.88. The Morgan fingerprint density at radius 3 is 3.00 bits per heavy atom.